The van der Waals surface area contributed by atoms with Crippen molar-refractivity contribution in [1.82, 2.24) is 0 Å². The predicted octanol–water partition coefficient (Wildman–Crippen LogP) is 8.87. The van der Waals surface area contributed by atoms with E-state index in [1.54, 1.807) is 6.92 Å². The van der Waals surface area contributed by atoms with E-state index in [1.807, 2.05) is 48.6 Å². The Morgan fingerprint density at radius 1 is 0.938 bits per heavy atom. The molecule has 2 aromatic carbocycles. The molecule has 0 aliphatic heterocycles. The van der Waals surface area contributed by atoms with Crippen LogP contribution < -0.4 is 0 Å². The number of ether oxygens (including phenoxy) is 1. The number of allylic oxidation sites excluding steroid dienone is 2. The Bertz CT molecular complexity index is 846. The Kier molecular flexibility index (Phi) is 8.81. The summed E-state index contributed by atoms with van der Waals surface area (Å²) in [6.45, 7) is 9.21. The lowest BCUT2D eigenvalue weighted by molar-refractivity contribution is -0.272. The first kappa shape index (κ1) is 24.4. The van der Waals surface area contributed by atoms with E-state index >= 15 is 0 Å². The normalized spacial score (nSPS) is 20.0. The molecule has 0 spiro atoms. The van der Waals surface area contributed by atoms with Crippen LogP contribution in [-0.4, -0.2) is 0 Å². The molecule has 3 rings (SSSR count). The van der Waals surface area contributed by atoms with Gasteiger partial charge in [0.25, 0.3) is 0 Å². The summed E-state index contributed by atoms with van der Waals surface area (Å²) in [4.78, 5) is 0. The highest BCUT2D eigenvalue weighted by Gasteiger charge is 2.35. The maximum absolute atomic E-state index is 14.8. The van der Waals surface area contributed by atoms with Gasteiger partial charge < -0.3 is 4.74 Å². The quantitative estimate of drug-likeness (QED) is 0.318. The Morgan fingerprint density at radius 2 is 1.56 bits per heavy atom. The smallest absolute Gasteiger partial charge is 0.309 e. The monoisotopic (exact) mass is 438 g/mol. The van der Waals surface area contributed by atoms with Gasteiger partial charge in [0.15, 0.2) is 0 Å². The summed E-state index contributed by atoms with van der Waals surface area (Å²) in [5, 5.41) is 0. The number of hydrogen-bond acceptors (Lipinski definition) is 1. The minimum absolute atomic E-state index is 0.0876. The van der Waals surface area contributed by atoms with E-state index in [0.29, 0.717) is 5.92 Å². The van der Waals surface area contributed by atoms with Crippen molar-refractivity contribution >= 4 is 0 Å². The molecule has 0 heterocycles. The summed E-state index contributed by atoms with van der Waals surface area (Å²) < 4.78 is 34.9. The van der Waals surface area contributed by atoms with Crippen molar-refractivity contribution in [2.75, 3.05) is 0 Å². The Labute approximate surface area is 192 Å². The minimum atomic E-state index is -3.33. The van der Waals surface area contributed by atoms with Crippen molar-refractivity contribution < 1.29 is 13.5 Å². The molecule has 0 radical (unpaired) electrons. The van der Waals surface area contributed by atoms with E-state index in [1.165, 1.54) is 31.4 Å². The molecule has 0 amide bonds. The molecular formula is C29H36F2O. The Balaban J connectivity index is 1.57. The first-order chi connectivity index (χ1) is 15.4. The van der Waals surface area contributed by atoms with Crippen LogP contribution in [0.15, 0.2) is 73.8 Å². The summed E-state index contributed by atoms with van der Waals surface area (Å²) in [6, 6.07) is 14.5. The molecule has 1 nitrogen and oxygen atoms in total. The highest BCUT2D eigenvalue weighted by molar-refractivity contribution is 5.28. The summed E-state index contributed by atoms with van der Waals surface area (Å²) in [6.07, 6.45) is 8.62. The molecule has 0 bridgehead atoms. The van der Waals surface area contributed by atoms with Gasteiger partial charge in [0.2, 0.25) is 0 Å². The second-order valence-electron chi connectivity index (χ2n) is 9.05. The zero-order chi connectivity index (χ0) is 23.0. The Morgan fingerprint density at radius 3 is 2.16 bits per heavy atom. The van der Waals surface area contributed by atoms with Gasteiger partial charge in [-0.3, -0.25) is 0 Å². The van der Waals surface area contributed by atoms with Gasteiger partial charge in [0.05, 0.1) is 11.7 Å². The average molecular weight is 439 g/mol. The van der Waals surface area contributed by atoms with Gasteiger partial charge in [-0.1, -0.05) is 60.7 Å². The molecule has 1 unspecified atom stereocenters. The van der Waals surface area contributed by atoms with Crippen molar-refractivity contribution in [1.29, 1.82) is 0 Å². The molecule has 1 saturated carbocycles. The minimum Gasteiger partial charge on any atom is -0.309 e. The van der Waals surface area contributed by atoms with Gasteiger partial charge in [-0.2, -0.15) is 8.78 Å². The van der Waals surface area contributed by atoms with Crippen molar-refractivity contribution in [3.05, 3.63) is 96.1 Å². The lowest BCUT2D eigenvalue weighted by atomic mass is 9.77. The molecule has 0 saturated heterocycles. The predicted molar refractivity (Wildman–Crippen MR) is 129 cm³/mol. The standard InChI is InChI=1S/C29H36F2O/c1-4-6-8-23-10-14-25(15-11-23)22(3)32-29(30,31)28-20-18-27(19-21-28)26-16-12-24(13-17-26)9-7-5-2/h4-5,10-11,14-15,18-22,24,26H,1-2,6-9,12-13,16-17H2,3H3. The van der Waals surface area contributed by atoms with Gasteiger partial charge in [-0.15, -0.1) is 13.2 Å². The van der Waals surface area contributed by atoms with E-state index in [0.717, 1.165) is 54.7 Å². The first-order valence-electron chi connectivity index (χ1n) is 11.9. The lowest BCUT2D eigenvalue weighted by Gasteiger charge is -2.29. The van der Waals surface area contributed by atoms with Crippen LogP contribution in [0.3, 0.4) is 0 Å². The van der Waals surface area contributed by atoms with Crippen LogP contribution in [0.4, 0.5) is 8.78 Å². The third-order valence-corrected chi connectivity index (χ3v) is 6.76. The summed E-state index contributed by atoms with van der Waals surface area (Å²) in [5.74, 6) is 1.25. The average Bonchev–Trinajstić information content (AvgIpc) is 2.82. The molecule has 32 heavy (non-hydrogen) atoms. The fourth-order valence-electron chi connectivity index (χ4n) is 4.67. The fraction of sp³-hybridized carbons (Fsp3) is 0.448. The maximum atomic E-state index is 14.8. The number of alkyl halides is 2. The number of rotatable bonds is 11. The lowest BCUT2D eigenvalue weighted by Crippen LogP contribution is -2.20. The Hall–Kier alpha value is -2.26. The molecule has 0 N–H and O–H groups in total. The summed E-state index contributed by atoms with van der Waals surface area (Å²) >= 11 is 0. The SMILES string of the molecule is C=CCCc1ccc(C(C)OC(F)(F)c2ccc(C3CCC(CCC=C)CC3)cc2)cc1. The van der Waals surface area contributed by atoms with Gasteiger partial charge >= 0.3 is 6.11 Å². The highest BCUT2D eigenvalue weighted by Crippen LogP contribution is 2.39. The second kappa shape index (κ2) is 11.6. The highest BCUT2D eigenvalue weighted by atomic mass is 19.3. The van der Waals surface area contributed by atoms with Gasteiger partial charge in [0, 0.05) is 0 Å². The van der Waals surface area contributed by atoms with Crippen LogP contribution in [0, 0.1) is 5.92 Å². The van der Waals surface area contributed by atoms with E-state index in [2.05, 4.69) is 13.2 Å². The van der Waals surface area contributed by atoms with Gasteiger partial charge in [0.1, 0.15) is 0 Å². The second-order valence-corrected chi connectivity index (χ2v) is 9.05. The van der Waals surface area contributed by atoms with Gasteiger partial charge in [-0.25, -0.2) is 0 Å². The molecule has 0 aromatic heterocycles. The molecule has 2 aromatic rings. The van der Waals surface area contributed by atoms with E-state index in [4.69, 9.17) is 4.74 Å². The maximum Gasteiger partial charge on any atom is 0.383 e. The number of benzene rings is 2. The van der Waals surface area contributed by atoms with E-state index < -0.39 is 12.2 Å². The zero-order valence-corrected chi connectivity index (χ0v) is 19.2. The van der Waals surface area contributed by atoms with Crippen molar-refractivity contribution in [3.8, 4) is 0 Å². The van der Waals surface area contributed by atoms with Crippen molar-refractivity contribution in [2.45, 2.75) is 76.4 Å². The molecule has 3 heteroatoms. The van der Waals surface area contributed by atoms with Crippen LogP contribution in [0.2, 0.25) is 0 Å². The van der Waals surface area contributed by atoms with Crippen LogP contribution in [0.5, 0.6) is 0 Å². The van der Waals surface area contributed by atoms with Crippen LogP contribution in [0.25, 0.3) is 0 Å². The van der Waals surface area contributed by atoms with E-state index in [-0.39, 0.29) is 5.56 Å². The topological polar surface area (TPSA) is 9.23 Å². The number of aryl methyl sites for hydroxylation is 1. The molecule has 1 aliphatic carbocycles. The van der Waals surface area contributed by atoms with Crippen molar-refractivity contribution in [2.24, 2.45) is 5.92 Å². The molecule has 1 atom stereocenters. The zero-order valence-electron chi connectivity index (χ0n) is 19.2. The molecule has 172 valence electrons. The van der Waals surface area contributed by atoms with Crippen molar-refractivity contribution in [3.63, 3.8) is 0 Å². The third-order valence-electron chi connectivity index (χ3n) is 6.76. The van der Waals surface area contributed by atoms with E-state index in [9.17, 15) is 8.78 Å². The molecule has 1 aliphatic rings. The fourth-order valence-corrected chi connectivity index (χ4v) is 4.67. The summed E-state index contributed by atoms with van der Waals surface area (Å²) in [5.41, 5.74) is 2.99. The molecular weight excluding hydrogens is 402 g/mol. The van der Waals surface area contributed by atoms with Crippen LogP contribution in [-0.2, 0) is 17.3 Å². The van der Waals surface area contributed by atoms with Crippen LogP contribution >= 0.6 is 0 Å². The number of hydrogen-bond donors (Lipinski definition) is 0. The molecule has 1 fully saturated rings. The number of halogens is 2. The van der Waals surface area contributed by atoms with Crippen LogP contribution in [0.1, 0.15) is 86.1 Å². The van der Waals surface area contributed by atoms with Gasteiger partial charge in [-0.05, 0) is 86.8 Å². The largest absolute Gasteiger partial charge is 0.383 e. The summed E-state index contributed by atoms with van der Waals surface area (Å²) in [7, 11) is 0. The first-order valence-corrected chi connectivity index (χ1v) is 11.9. The third kappa shape index (κ3) is 6.62.